The van der Waals surface area contributed by atoms with Gasteiger partial charge in [0.05, 0.1) is 11.7 Å². The molecule has 0 aliphatic carbocycles. The summed E-state index contributed by atoms with van der Waals surface area (Å²) < 4.78 is 38.2. The van der Waals surface area contributed by atoms with Gasteiger partial charge in [-0.2, -0.15) is 18.0 Å². The molecule has 28 heavy (non-hydrogen) atoms. The topological polar surface area (TPSA) is 87.9 Å². The first-order valence-corrected chi connectivity index (χ1v) is 8.64. The SMILES string of the molecule is O[C@@H]1CNC[C@H]1n1nnc(-c2ccccc2Nc2ccc(C(F)(F)F)cc2)n1. The summed E-state index contributed by atoms with van der Waals surface area (Å²) in [6.45, 7) is 1.01. The lowest BCUT2D eigenvalue weighted by Crippen LogP contribution is -2.24. The highest BCUT2D eigenvalue weighted by molar-refractivity contribution is 5.77. The van der Waals surface area contributed by atoms with Gasteiger partial charge in [-0.25, -0.2) is 0 Å². The molecule has 3 N–H and O–H groups in total. The number of nitrogens with one attached hydrogen (secondary N) is 2. The zero-order valence-electron chi connectivity index (χ0n) is 14.6. The normalized spacial score (nSPS) is 19.7. The number of aliphatic hydroxyl groups excluding tert-OH is 1. The van der Waals surface area contributed by atoms with Crippen LogP contribution < -0.4 is 10.6 Å². The fourth-order valence-corrected chi connectivity index (χ4v) is 3.05. The van der Waals surface area contributed by atoms with Crippen LogP contribution in [0, 0.1) is 0 Å². The second kappa shape index (κ2) is 7.21. The fraction of sp³-hybridized carbons (Fsp3) is 0.278. The summed E-state index contributed by atoms with van der Waals surface area (Å²) in [4.78, 5) is 1.38. The van der Waals surface area contributed by atoms with Gasteiger partial charge in [0.1, 0.15) is 6.04 Å². The van der Waals surface area contributed by atoms with Crippen molar-refractivity contribution in [3.05, 3.63) is 54.1 Å². The zero-order chi connectivity index (χ0) is 19.7. The van der Waals surface area contributed by atoms with Crippen LogP contribution in [0.25, 0.3) is 11.4 Å². The number of anilines is 2. The van der Waals surface area contributed by atoms with Crippen molar-refractivity contribution < 1.29 is 18.3 Å². The molecule has 3 aromatic rings. The number of hydrogen-bond donors (Lipinski definition) is 3. The molecule has 1 aromatic heterocycles. The summed E-state index contributed by atoms with van der Waals surface area (Å²) in [5.74, 6) is 0.356. The lowest BCUT2D eigenvalue weighted by molar-refractivity contribution is -0.137. The first kappa shape index (κ1) is 18.4. The lowest BCUT2D eigenvalue weighted by atomic mass is 10.1. The van der Waals surface area contributed by atoms with E-state index in [1.165, 1.54) is 16.9 Å². The Hall–Kier alpha value is -2.98. The molecule has 0 bridgehead atoms. The predicted molar refractivity (Wildman–Crippen MR) is 95.9 cm³/mol. The van der Waals surface area contributed by atoms with Gasteiger partial charge in [-0.3, -0.25) is 0 Å². The Morgan fingerprint density at radius 2 is 1.82 bits per heavy atom. The number of aromatic nitrogens is 4. The highest BCUT2D eigenvalue weighted by Crippen LogP contribution is 2.32. The summed E-state index contributed by atoms with van der Waals surface area (Å²) >= 11 is 0. The number of benzene rings is 2. The molecule has 7 nitrogen and oxygen atoms in total. The van der Waals surface area contributed by atoms with E-state index >= 15 is 0 Å². The molecule has 0 amide bonds. The molecule has 1 aliphatic rings. The van der Waals surface area contributed by atoms with Gasteiger partial charge in [0, 0.05) is 30.0 Å². The second-order valence-corrected chi connectivity index (χ2v) is 6.47. The molecule has 2 atom stereocenters. The zero-order valence-corrected chi connectivity index (χ0v) is 14.6. The van der Waals surface area contributed by atoms with Crippen LogP contribution in [0.1, 0.15) is 11.6 Å². The third-order valence-corrected chi connectivity index (χ3v) is 4.54. The van der Waals surface area contributed by atoms with Gasteiger partial charge in [0.15, 0.2) is 0 Å². The highest BCUT2D eigenvalue weighted by Gasteiger charge is 2.30. The van der Waals surface area contributed by atoms with Crippen LogP contribution >= 0.6 is 0 Å². The van der Waals surface area contributed by atoms with Gasteiger partial charge in [-0.15, -0.1) is 10.2 Å². The van der Waals surface area contributed by atoms with E-state index in [0.717, 1.165) is 12.1 Å². The van der Waals surface area contributed by atoms with Gasteiger partial charge in [0.25, 0.3) is 0 Å². The maximum absolute atomic E-state index is 12.7. The van der Waals surface area contributed by atoms with Gasteiger partial charge in [0.2, 0.25) is 5.82 Å². The van der Waals surface area contributed by atoms with E-state index in [9.17, 15) is 18.3 Å². The van der Waals surface area contributed by atoms with Crippen molar-refractivity contribution >= 4 is 11.4 Å². The van der Waals surface area contributed by atoms with E-state index in [1.807, 2.05) is 0 Å². The number of rotatable bonds is 4. The van der Waals surface area contributed by atoms with E-state index in [0.29, 0.717) is 35.9 Å². The lowest BCUT2D eigenvalue weighted by Gasteiger charge is -2.12. The maximum Gasteiger partial charge on any atom is 0.416 e. The Balaban J connectivity index is 1.58. The monoisotopic (exact) mass is 390 g/mol. The molecular weight excluding hydrogens is 373 g/mol. The van der Waals surface area contributed by atoms with Crippen LogP contribution in [0.4, 0.5) is 24.5 Å². The van der Waals surface area contributed by atoms with Crippen molar-refractivity contribution in [2.75, 3.05) is 18.4 Å². The van der Waals surface area contributed by atoms with Gasteiger partial charge < -0.3 is 15.7 Å². The number of para-hydroxylation sites is 1. The van der Waals surface area contributed by atoms with Crippen LogP contribution in [-0.4, -0.2) is 44.5 Å². The first-order chi connectivity index (χ1) is 13.4. The molecule has 0 radical (unpaired) electrons. The number of alkyl halides is 3. The number of hydrogen-bond acceptors (Lipinski definition) is 6. The molecule has 0 saturated carbocycles. The van der Waals surface area contributed by atoms with Crippen molar-refractivity contribution in [3.63, 3.8) is 0 Å². The van der Waals surface area contributed by atoms with Crippen molar-refractivity contribution in [2.24, 2.45) is 0 Å². The summed E-state index contributed by atoms with van der Waals surface area (Å²) in [5, 5.41) is 28.6. The number of halogens is 3. The number of aliphatic hydroxyl groups is 1. The van der Waals surface area contributed by atoms with Gasteiger partial charge in [-0.05, 0) is 41.6 Å². The van der Waals surface area contributed by atoms with Gasteiger partial charge >= 0.3 is 6.18 Å². The van der Waals surface area contributed by atoms with Crippen LogP contribution in [0.15, 0.2) is 48.5 Å². The Morgan fingerprint density at radius 3 is 2.50 bits per heavy atom. The van der Waals surface area contributed by atoms with E-state index in [-0.39, 0.29) is 6.04 Å². The average molecular weight is 390 g/mol. The first-order valence-electron chi connectivity index (χ1n) is 8.64. The number of β-amino-alcohol motifs (C(OH)–C–C–N with tert-alkyl or cyclic N) is 1. The van der Waals surface area contributed by atoms with Crippen LogP contribution in [0.2, 0.25) is 0 Å². The largest absolute Gasteiger partial charge is 0.416 e. The van der Waals surface area contributed by atoms with Crippen LogP contribution in [0.3, 0.4) is 0 Å². The smallest absolute Gasteiger partial charge is 0.389 e. The summed E-state index contributed by atoms with van der Waals surface area (Å²) in [5.41, 5.74) is 1.07. The van der Waals surface area contributed by atoms with Crippen molar-refractivity contribution in [2.45, 2.75) is 18.3 Å². The number of nitrogens with zero attached hydrogens (tertiary/aromatic N) is 4. The Bertz CT molecular complexity index is 956. The minimum atomic E-state index is -4.38. The minimum absolute atomic E-state index is 0.295. The third kappa shape index (κ3) is 3.69. The molecule has 1 aliphatic heterocycles. The molecular formula is C18H17F3N6O. The molecule has 0 spiro atoms. The summed E-state index contributed by atoms with van der Waals surface area (Å²) in [7, 11) is 0. The maximum atomic E-state index is 12.7. The Labute approximate surface area is 158 Å². The molecule has 1 saturated heterocycles. The van der Waals surface area contributed by atoms with E-state index in [1.54, 1.807) is 24.3 Å². The Kier molecular flexibility index (Phi) is 4.73. The molecule has 4 rings (SSSR count). The van der Waals surface area contributed by atoms with Crippen molar-refractivity contribution in [3.8, 4) is 11.4 Å². The number of tetrazole rings is 1. The average Bonchev–Trinajstić information content (AvgIpc) is 3.31. The standard InChI is InChI=1S/C18H17F3N6O/c19-18(20,21)11-5-7-12(8-6-11)23-14-4-2-1-3-13(14)17-24-26-27(25-17)15-9-22-10-16(15)28/h1-8,15-16,22-23,28H,9-10H2/t15-,16-/m1/s1. The van der Waals surface area contributed by atoms with Crippen molar-refractivity contribution in [1.29, 1.82) is 0 Å². The van der Waals surface area contributed by atoms with Crippen LogP contribution in [-0.2, 0) is 6.18 Å². The molecule has 10 heteroatoms. The van der Waals surface area contributed by atoms with Crippen LogP contribution in [0.5, 0.6) is 0 Å². The molecule has 2 aromatic carbocycles. The highest BCUT2D eigenvalue weighted by atomic mass is 19.4. The fourth-order valence-electron chi connectivity index (χ4n) is 3.05. The van der Waals surface area contributed by atoms with Gasteiger partial charge in [-0.1, -0.05) is 12.1 Å². The van der Waals surface area contributed by atoms with E-state index in [2.05, 4.69) is 26.0 Å². The molecule has 0 unspecified atom stereocenters. The van der Waals surface area contributed by atoms with E-state index < -0.39 is 17.8 Å². The third-order valence-electron chi connectivity index (χ3n) is 4.54. The Morgan fingerprint density at radius 1 is 1.07 bits per heavy atom. The van der Waals surface area contributed by atoms with Crippen molar-refractivity contribution in [1.82, 2.24) is 25.5 Å². The predicted octanol–water partition coefficient (Wildman–Crippen LogP) is 2.61. The molecule has 146 valence electrons. The van der Waals surface area contributed by atoms with E-state index in [4.69, 9.17) is 0 Å². The molecule has 2 heterocycles. The molecule has 1 fully saturated rings. The second-order valence-electron chi connectivity index (χ2n) is 6.47. The summed E-state index contributed by atoms with van der Waals surface area (Å²) in [6.07, 6.45) is -4.97. The quantitative estimate of drug-likeness (QED) is 0.635. The summed E-state index contributed by atoms with van der Waals surface area (Å²) in [6, 6.07) is 11.6. The minimum Gasteiger partial charge on any atom is -0.389 e.